The maximum absolute atomic E-state index is 12.6. The van der Waals surface area contributed by atoms with Crippen LogP contribution < -0.4 is 5.32 Å². The molecule has 4 rings (SSSR count). The number of hydrogen-bond donors (Lipinski definition) is 2. The fourth-order valence-corrected chi connectivity index (χ4v) is 4.25. The molecular formula is C23H29N5O3. The zero-order valence-corrected chi connectivity index (χ0v) is 18.1. The van der Waals surface area contributed by atoms with Gasteiger partial charge in [-0.3, -0.25) is 14.6 Å². The highest BCUT2D eigenvalue weighted by Gasteiger charge is 2.27. The lowest BCUT2D eigenvalue weighted by Gasteiger charge is -2.31. The van der Waals surface area contributed by atoms with Crippen LogP contribution in [0.25, 0.3) is 10.9 Å². The third-order valence-electron chi connectivity index (χ3n) is 5.99. The second-order valence-corrected chi connectivity index (χ2v) is 8.28. The van der Waals surface area contributed by atoms with Gasteiger partial charge in [0.15, 0.2) is 5.89 Å². The molecule has 1 aliphatic heterocycles. The van der Waals surface area contributed by atoms with Crippen LogP contribution in [0, 0.1) is 19.8 Å². The van der Waals surface area contributed by atoms with Gasteiger partial charge in [0.2, 0.25) is 5.76 Å². The molecule has 1 fully saturated rings. The number of fused-ring (bicyclic) bond motifs is 1. The lowest BCUT2D eigenvalue weighted by molar-refractivity contribution is 0.0651. The zero-order chi connectivity index (χ0) is 21.8. The molecule has 8 nitrogen and oxygen atoms in total. The first kappa shape index (κ1) is 21.1. The summed E-state index contributed by atoms with van der Waals surface area (Å²) in [7, 11) is 0. The van der Waals surface area contributed by atoms with E-state index in [4.69, 9.17) is 4.42 Å². The van der Waals surface area contributed by atoms with Crippen molar-refractivity contribution >= 4 is 22.7 Å². The highest BCUT2D eigenvalue weighted by Crippen LogP contribution is 2.24. The van der Waals surface area contributed by atoms with E-state index in [9.17, 15) is 9.59 Å². The van der Waals surface area contributed by atoms with E-state index in [1.807, 2.05) is 24.0 Å². The number of aromatic amines is 1. The molecule has 0 saturated carbocycles. The molecule has 0 unspecified atom stereocenters. The fourth-order valence-electron chi connectivity index (χ4n) is 4.25. The first-order valence-electron chi connectivity index (χ1n) is 11.0. The molecule has 2 N–H and O–H groups in total. The van der Waals surface area contributed by atoms with Crippen LogP contribution in [0.15, 0.2) is 28.9 Å². The second-order valence-electron chi connectivity index (χ2n) is 8.28. The van der Waals surface area contributed by atoms with Crippen molar-refractivity contribution < 1.29 is 14.0 Å². The minimum absolute atomic E-state index is 0.0491. The summed E-state index contributed by atoms with van der Waals surface area (Å²) in [6.45, 7) is 5.75. The van der Waals surface area contributed by atoms with Gasteiger partial charge in [0.05, 0.1) is 5.69 Å². The van der Waals surface area contributed by atoms with Crippen LogP contribution in [-0.2, 0) is 0 Å². The van der Waals surface area contributed by atoms with E-state index in [2.05, 4.69) is 20.3 Å². The normalized spacial score (nSPS) is 14.8. The average molecular weight is 424 g/mol. The third kappa shape index (κ3) is 4.95. The number of pyridine rings is 1. The molecule has 0 radical (unpaired) electrons. The van der Waals surface area contributed by atoms with Crippen molar-refractivity contribution in [3.05, 3.63) is 47.6 Å². The van der Waals surface area contributed by atoms with Crippen molar-refractivity contribution in [3.8, 4) is 0 Å². The minimum Gasteiger partial charge on any atom is -0.436 e. The van der Waals surface area contributed by atoms with Crippen molar-refractivity contribution in [3.63, 3.8) is 0 Å². The van der Waals surface area contributed by atoms with Crippen LogP contribution in [0.5, 0.6) is 0 Å². The Kier molecular flexibility index (Phi) is 6.34. The molecule has 3 aromatic heterocycles. The number of carbonyl (C=O) groups excluding carboxylic acids is 2. The lowest BCUT2D eigenvalue weighted by atomic mass is 9.91. The van der Waals surface area contributed by atoms with Gasteiger partial charge in [-0.1, -0.05) is 12.8 Å². The van der Waals surface area contributed by atoms with Gasteiger partial charge in [0.1, 0.15) is 5.69 Å². The van der Waals surface area contributed by atoms with E-state index >= 15 is 0 Å². The van der Waals surface area contributed by atoms with Crippen LogP contribution in [-0.4, -0.2) is 51.3 Å². The largest absolute Gasteiger partial charge is 0.436 e. The van der Waals surface area contributed by atoms with Crippen molar-refractivity contribution in [2.24, 2.45) is 5.92 Å². The Hall–Kier alpha value is -3.16. The van der Waals surface area contributed by atoms with Crippen LogP contribution in [0.3, 0.4) is 0 Å². The fraction of sp³-hybridized carbons (Fsp3) is 0.478. The van der Waals surface area contributed by atoms with Gasteiger partial charge in [-0.2, -0.15) is 0 Å². The molecule has 1 saturated heterocycles. The molecule has 3 aromatic rings. The van der Waals surface area contributed by atoms with Crippen LogP contribution in [0.2, 0.25) is 0 Å². The third-order valence-corrected chi connectivity index (χ3v) is 5.99. The Bertz CT molecular complexity index is 1030. The number of piperidine rings is 1. The number of aryl methyl sites for hydroxylation is 2. The zero-order valence-electron chi connectivity index (χ0n) is 18.1. The second kappa shape index (κ2) is 9.32. The van der Waals surface area contributed by atoms with Crippen molar-refractivity contribution in [2.75, 3.05) is 19.6 Å². The van der Waals surface area contributed by atoms with Gasteiger partial charge in [0.25, 0.3) is 11.8 Å². The van der Waals surface area contributed by atoms with E-state index in [1.165, 1.54) is 0 Å². The number of nitrogens with zero attached hydrogens (tertiary/aromatic N) is 3. The Labute approximate surface area is 181 Å². The van der Waals surface area contributed by atoms with Crippen LogP contribution in [0.1, 0.15) is 64.7 Å². The summed E-state index contributed by atoms with van der Waals surface area (Å²) < 4.78 is 5.47. The Balaban J connectivity index is 1.14. The molecule has 2 amide bonds. The topological polar surface area (TPSA) is 104 Å². The first-order valence-corrected chi connectivity index (χ1v) is 11.0. The molecule has 0 bridgehead atoms. The van der Waals surface area contributed by atoms with E-state index in [1.54, 1.807) is 19.3 Å². The summed E-state index contributed by atoms with van der Waals surface area (Å²) in [5, 5.41) is 3.92. The van der Waals surface area contributed by atoms with Crippen molar-refractivity contribution in [2.45, 2.75) is 46.0 Å². The van der Waals surface area contributed by atoms with Gasteiger partial charge in [-0.25, -0.2) is 4.98 Å². The quantitative estimate of drug-likeness (QED) is 0.565. The summed E-state index contributed by atoms with van der Waals surface area (Å²) in [5.41, 5.74) is 2.14. The molecule has 0 aliphatic carbocycles. The standard InChI is InChI=1S/C23H29N5O3/c1-15-21(31-16(2)26-15)23(30)28-11-7-17(8-12-28)5-3-4-9-25-22(29)20-13-18-14-24-10-6-19(18)27-20/h6,10,13-14,17,27H,3-5,7-9,11-12H2,1-2H3,(H,25,29). The number of nitrogens with one attached hydrogen (secondary N) is 2. The maximum Gasteiger partial charge on any atom is 0.291 e. The van der Waals surface area contributed by atoms with E-state index in [0.29, 0.717) is 35.5 Å². The van der Waals surface area contributed by atoms with E-state index < -0.39 is 0 Å². The number of oxazole rings is 1. The smallest absolute Gasteiger partial charge is 0.291 e. The SMILES string of the molecule is Cc1nc(C)c(C(=O)N2CCC(CCCCNC(=O)c3cc4cnccc4[nH]3)CC2)o1. The number of unbranched alkanes of at least 4 members (excludes halogenated alkanes) is 1. The van der Waals surface area contributed by atoms with Crippen LogP contribution in [0.4, 0.5) is 0 Å². The number of H-pyrrole nitrogens is 1. The molecule has 4 heterocycles. The molecule has 0 spiro atoms. The predicted octanol–water partition coefficient (Wildman–Crippen LogP) is 3.62. The summed E-state index contributed by atoms with van der Waals surface area (Å²) >= 11 is 0. The number of amides is 2. The van der Waals surface area contributed by atoms with Crippen molar-refractivity contribution in [1.29, 1.82) is 0 Å². The summed E-state index contributed by atoms with van der Waals surface area (Å²) in [5.74, 6) is 1.40. The lowest BCUT2D eigenvalue weighted by Crippen LogP contribution is -2.38. The molecular weight excluding hydrogens is 394 g/mol. The molecule has 8 heteroatoms. The Morgan fingerprint density at radius 1 is 1.26 bits per heavy atom. The summed E-state index contributed by atoms with van der Waals surface area (Å²) in [4.78, 5) is 38.2. The molecule has 1 aliphatic rings. The van der Waals surface area contributed by atoms with Gasteiger partial charge in [-0.15, -0.1) is 0 Å². The maximum atomic E-state index is 12.6. The minimum atomic E-state index is -0.0824. The molecule has 0 atom stereocenters. The highest BCUT2D eigenvalue weighted by atomic mass is 16.4. The van der Waals surface area contributed by atoms with Crippen molar-refractivity contribution in [1.82, 2.24) is 25.2 Å². The van der Waals surface area contributed by atoms with Gasteiger partial charge in [0, 0.05) is 49.9 Å². The number of aromatic nitrogens is 3. The summed E-state index contributed by atoms with van der Waals surface area (Å²) in [6, 6.07) is 3.69. The number of rotatable bonds is 7. The van der Waals surface area contributed by atoms with E-state index in [-0.39, 0.29) is 11.8 Å². The average Bonchev–Trinajstić information content (AvgIpc) is 3.36. The predicted molar refractivity (Wildman–Crippen MR) is 117 cm³/mol. The molecule has 31 heavy (non-hydrogen) atoms. The molecule has 164 valence electrons. The Morgan fingerprint density at radius 2 is 2.06 bits per heavy atom. The van der Waals surface area contributed by atoms with Gasteiger partial charge >= 0.3 is 0 Å². The van der Waals surface area contributed by atoms with Crippen LogP contribution >= 0.6 is 0 Å². The molecule has 0 aromatic carbocycles. The highest BCUT2D eigenvalue weighted by molar-refractivity contribution is 5.97. The first-order chi connectivity index (χ1) is 15.0. The monoisotopic (exact) mass is 423 g/mol. The Morgan fingerprint density at radius 3 is 2.77 bits per heavy atom. The van der Waals surface area contributed by atoms with Gasteiger partial charge in [-0.05, 0) is 44.2 Å². The van der Waals surface area contributed by atoms with E-state index in [0.717, 1.165) is 56.1 Å². The number of carbonyl (C=O) groups is 2. The van der Waals surface area contributed by atoms with Gasteiger partial charge < -0.3 is 19.6 Å². The number of likely N-dealkylation sites (tertiary alicyclic amines) is 1. The number of hydrogen-bond acceptors (Lipinski definition) is 5. The summed E-state index contributed by atoms with van der Waals surface area (Å²) in [6.07, 6.45) is 8.60.